The van der Waals surface area contributed by atoms with Crippen molar-refractivity contribution in [1.82, 2.24) is 19.7 Å². The summed E-state index contributed by atoms with van der Waals surface area (Å²) in [6.45, 7) is 4.01. The van der Waals surface area contributed by atoms with Crippen LogP contribution in [0.2, 0.25) is 0 Å². The molecule has 2 aromatic rings. The van der Waals surface area contributed by atoms with E-state index in [9.17, 15) is 9.18 Å². The maximum Gasteiger partial charge on any atom is 0.244 e. The summed E-state index contributed by atoms with van der Waals surface area (Å²) in [6, 6.07) is 11.8. The molecule has 0 aliphatic carbocycles. The predicted octanol–water partition coefficient (Wildman–Crippen LogP) is 2.56. The zero-order chi connectivity index (χ0) is 19.2. The Morgan fingerprint density at radius 3 is 2.56 bits per heavy atom. The fourth-order valence-electron chi connectivity index (χ4n) is 3.55. The predicted molar refractivity (Wildman–Crippen MR) is 104 cm³/mol. The normalized spacial score (nSPS) is 17.0. The number of benzene rings is 1. The van der Waals surface area contributed by atoms with Gasteiger partial charge in [0, 0.05) is 38.9 Å². The van der Waals surface area contributed by atoms with Crippen molar-refractivity contribution in [3.05, 3.63) is 65.7 Å². The lowest BCUT2D eigenvalue weighted by Gasteiger charge is -2.30. The lowest BCUT2D eigenvalue weighted by atomic mass is 10.0. The van der Waals surface area contributed by atoms with Gasteiger partial charge in [0.15, 0.2) is 0 Å². The van der Waals surface area contributed by atoms with E-state index in [1.807, 2.05) is 48.3 Å². The van der Waals surface area contributed by atoms with Crippen LogP contribution in [0.4, 0.5) is 4.39 Å². The Labute approximate surface area is 160 Å². The number of nitrogens with zero attached hydrogens (tertiary/aromatic N) is 4. The highest BCUT2D eigenvalue weighted by molar-refractivity contribution is 5.83. The summed E-state index contributed by atoms with van der Waals surface area (Å²) in [5.41, 5.74) is 1.87. The molecule has 0 saturated carbocycles. The molecule has 0 unspecified atom stereocenters. The van der Waals surface area contributed by atoms with Crippen molar-refractivity contribution in [3.8, 4) is 0 Å². The molecule has 1 amide bonds. The lowest BCUT2D eigenvalue weighted by molar-refractivity contribution is -0.136. The highest BCUT2D eigenvalue weighted by Gasteiger charge is 2.29. The molecule has 27 heavy (non-hydrogen) atoms. The summed E-state index contributed by atoms with van der Waals surface area (Å²) < 4.78 is 13.3. The van der Waals surface area contributed by atoms with E-state index in [1.165, 1.54) is 12.1 Å². The van der Waals surface area contributed by atoms with Gasteiger partial charge in [0.1, 0.15) is 11.9 Å². The van der Waals surface area contributed by atoms with E-state index in [0.29, 0.717) is 6.54 Å². The Kier molecular flexibility index (Phi) is 6.53. The van der Waals surface area contributed by atoms with E-state index in [0.717, 1.165) is 43.9 Å². The molecular weight excluding hydrogens is 343 g/mol. The number of rotatable bonds is 5. The highest BCUT2D eigenvalue weighted by Crippen LogP contribution is 2.22. The summed E-state index contributed by atoms with van der Waals surface area (Å²) in [5.74, 6) is -0.213. The van der Waals surface area contributed by atoms with Gasteiger partial charge in [-0.15, -0.1) is 0 Å². The van der Waals surface area contributed by atoms with Gasteiger partial charge in [0.05, 0.1) is 5.69 Å². The van der Waals surface area contributed by atoms with Crippen LogP contribution in [-0.2, 0) is 11.3 Å². The molecule has 0 N–H and O–H groups in total. The number of pyridine rings is 1. The van der Waals surface area contributed by atoms with E-state index in [4.69, 9.17) is 0 Å². The van der Waals surface area contributed by atoms with Crippen LogP contribution in [0.15, 0.2) is 48.7 Å². The molecule has 2 heterocycles. The summed E-state index contributed by atoms with van der Waals surface area (Å²) in [6.07, 6.45) is 2.75. The minimum absolute atomic E-state index is 0.0753. The number of carbonyl (C=O) groups is 1. The monoisotopic (exact) mass is 370 g/mol. The number of hydrogen-bond acceptors (Lipinski definition) is 4. The van der Waals surface area contributed by atoms with E-state index in [1.54, 1.807) is 12.1 Å². The van der Waals surface area contributed by atoms with Gasteiger partial charge in [-0.2, -0.15) is 0 Å². The minimum Gasteiger partial charge on any atom is -0.340 e. The SMILES string of the molecule is CN(C)[C@@H](C(=O)N1CCCN(Cc2ccccn2)CC1)c1ccc(F)cc1. The largest absolute Gasteiger partial charge is 0.340 e. The van der Waals surface area contributed by atoms with E-state index < -0.39 is 6.04 Å². The fraction of sp³-hybridized carbons (Fsp3) is 0.429. The maximum atomic E-state index is 13.3. The van der Waals surface area contributed by atoms with E-state index in [2.05, 4.69) is 9.88 Å². The number of likely N-dealkylation sites (N-methyl/N-ethyl adjacent to an activating group) is 1. The first-order valence-corrected chi connectivity index (χ1v) is 9.37. The standard InChI is InChI=1S/C21H27FN4O/c1-24(2)20(17-7-9-18(22)10-8-17)21(27)26-13-5-12-25(14-15-26)16-19-6-3-4-11-23-19/h3-4,6-11,20H,5,12-16H2,1-2H3/t20-/m1/s1. The van der Waals surface area contributed by atoms with E-state index >= 15 is 0 Å². The third-order valence-electron chi connectivity index (χ3n) is 4.95. The van der Waals surface area contributed by atoms with Crippen molar-refractivity contribution in [2.45, 2.75) is 19.0 Å². The molecule has 0 bridgehead atoms. The van der Waals surface area contributed by atoms with Gasteiger partial charge in [-0.3, -0.25) is 19.6 Å². The van der Waals surface area contributed by atoms with Crippen molar-refractivity contribution in [2.24, 2.45) is 0 Å². The Morgan fingerprint density at radius 1 is 1.11 bits per heavy atom. The summed E-state index contributed by atoms with van der Waals surface area (Å²) in [7, 11) is 3.77. The molecule has 1 aromatic heterocycles. The second-order valence-electron chi connectivity index (χ2n) is 7.19. The van der Waals surface area contributed by atoms with Gasteiger partial charge in [-0.25, -0.2) is 4.39 Å². The quantitative estimate of drug-likeness (QED) is 0.811. The number of amides is 1. The molecule has 0 spiro atoms. The zero-order valence-electron chi connectivity index (χ0n) is 16.0. The number of carbonyl (C=O) groups excluding carboxylic acids is 1. The van der Waals surface area contributed by atoms with Crippen LogP contribution in [0.5, 0.6) is 0 Å². The highest BCUT2D eigenvalue weighted by atomic mass is 19.1. The second kappa shape index (κ2) is 9.06. The molecule has 1 aromatic carbocycles. The first kappa shape index (κ1) is 19.5. The smallest absolute Gasteiger partial charge is 0.244 e. The third kappa shape index (κ3) is 5.11. The molecule has 3 rings (SSSR count). The fourth-order valence-corrected chi connectivity index (χ4v) is 3.55. The van der Waals surface area contributed by atoms with Crippen molar-refractivity contribution in [2.75, 3.05) is 40.3 Å². The summed E-state index contributed by atoms with van der Waals surface area (Å²) in [4.78, 5) is 23.8. The summed E-state index contributed by atoms with van der Waals surface area (Å²) in [5, 5.41) is 0. The molecular formula is C21H27FN4O. The first-order valence-electron chi connectivity index (χ1n) is 9.37. The van der Waals surface area contributed by atoms with Crippen LogP contribution < -0.4 is 0 Å². The molecule has 1 saturated heterocycles. The average molecular weight is 370 g/mol. The van der Waals surface area contributed by atoms with Crippen molar-refractivity contribution < 1.29 is 9.18 Å². The Hall–Kier alpha value is -2.31. The maximum absolute atomic E-state index is 13.3. The third-order valence-corrected chi connectivity index (χ3v) is 4.95. The van der Waals surface area contributed by atoms with Crippen LogP contribution in [0.1, 0.15) is 23.7 Å². The number of halogens is 1. The topological polar surface area (TPSA) is 39.7 Å². The van der Waals surface area contributed by atoms with Crippen LogP contribution in [0.3, 0.4) is 0 Å². The van der Waals surface area contributed by atoms with Gasteiger partial charge in [-0.1, -0.05) is 18.2 Å². The molecule has 1 atom stereocenters. The van der Waals surface area contributed by atoms with Crippen LogP contribution in [0.25, 0.3) is 0 Å². The number of aromatic nitrogens is 1. The zero-order valence-corrected chi connectivity index (χ0v) is 16.0. The van der Waals surface area contributed by atoms with Gasteiger partial charge < -0.3 is 4.90 Å². The Morgan fingerprint density at radius 2 is 1.89 bits per heavy atom. The first-order chi connectivity index (χ1) is 13.0. The van der Waals surface area contributed by atoms with Crippen LogP contribution >= 0.6 is 0 Å². The lowest BCUT2D eigenvalue weighted by Crippen LogP contribution is -2.42. The average Bonchev–Trinajstić information content (AvgIpc) is 2.90. The summed E-state index contributed by atoms with van der Waals surface area (Å²) >= 11 is 0. The number of hydrogen-bond donors (Lipinski definition) is 0. The molecule has 1 fully saturated rings. The molecule has 1 aliphatic rings. The van der Waals surface area contributed by atoms with Gasteiger partial charge >= 0.3 is 0 Å². The Balaban J connectivity index is 1.66. The van der Waals surface area contributed by atoms with Crippen molar-refractivity contribution in [3.63, 3.8) is 0 Å². The molecule has 5 nitrogen and oxygen atoms in total. The van der Waals surface area contributed by atoms with Crippen LogP contribution in [-0.4, -0.2) is 65.9 Å². The molecule has 1 aliphatic heterocycles. The second-order valence-corrected chi connectivity index (χ2v) is 7.19. The van der Waals surface area contributed by atoms with Gasteiger partial charge in [0.2, 0.25) is 5.91 Å². The van der Waals surface area contributed by atoms with Gasteiger partial charge in [0.25, 0.3) is 0 Å². The van der Waals surface area contributed by atoms with Crippen molar-refractivity contribution >= 4 is 5.91 Å². The molecule has 6 heteroatoms. The minimum atomic E-state index is -0.395. The van der Waals surface area contributed by atoms with Crippen molar-refractivity contribution in [1.29, 1.82) is 0 Å². The molecule has 144 valence electrons. The van der Waals surface area contributed by atoms with E-state index in [-0.39, 0.29) is 11.7 Å². The Bertz CT molecular complexity index is 736. The van der Waals surface area contributed by atoms with Gasteiger partial charge in [-0.05, 0) is 50.3 Å². The van der Waals surface area contributed by atoms with Crippen LogP contribution in [0, 0.1) is 5.82 Å². The molecule has 0 radical (unpaired) electrons.